The minimum atomic E-state index is 0.194. The number of hydrogen-bond acceptors (Lipinski definition) is 3. The predicted octanol–water partition coefficient (Wildman–Crippen LogP) is 4.04. The molecule has 1 aromatic rings. The molecule has 0 saturated heterocycles. The van der Waals surface area contributed by atoms with Crippen LogP contribution in [-0.2, 0) is 16.0 Å². The average Bonchev–Trinajstić information content (AvgIpc) is 2.87. The van der Waals surface area contributed by atoms with Crippen LogP contribution in [0.5, 0.6) is 0 Å². The van der Waals surface area contributed by atoms with Gasteiger partial charge in [0, 0.05) is 0 Å². The summed E-state index contributed by atoms with van der Waals surface area (Å²) < 4.78 is 0. The molecule has 0 aliphatic heterocycles. The van der Waals surface area contributed by atoms with E-state index in [9.17, 15) is 0 Å². The third kappa shape index (κ3) is 11.3. The second-order valence-electron chi connectivity index (χ2n) is 3.92. The summed E-state index contributed by atoms with van der Waals surface area (Å²) in [6.45, 7) is 2.27. The molecule has 0 atom stereocenters. The van der Waals surface area contributed by atoms with E-state index in [1.165, 1.54) is 50.5 Å². The van der Waals surface area contributed by atoms with Gasteiger partial charge in [-0.25, -0.2) is 0 Å². The molecule has 0 amide bonds. The van der Waals surface area contributed by atoms with Crippen LogP contribution in [0.4, 0.5) is 0 Å². The summed E-state index contributed by atoms with van der Waals surface area (Å²) in [6, 6.07) is 2.25. The highest BCUT2D eigenvalue weighted by Crippen LogP contribution is 2.12. The monoisotopic (exact) mass is 254 g/mol. The van der Waals surface area contributed by atoms with E-state index in [0.29, 0.717) is 0 Å². The first-order chi connectivity index (χ1) is 8.35. The lowest BCUT2D eigenvalue weighted by Gasteiger charge is -1.99. The van der Waals surface area contributed by atoms with E-state index in [4.69, 9.17) is 9.59 Å². The molecule has 3 heteroatoms. The number of aldehydes is 2. The van der Waals surface area contributed by atoms with Gasteiger partial charge in [0.05, 0.1) is 0 Å². The van der Waals surface area contributed by atoms with E-state index < -0.39 is 0 Å². The maximum absolute atomic E-state index is 8.81. The number of hydrogen-bond donors (Lipinski definition) is 0. The molecule has 1 heterocycles. The maximum Gasteiger partial charge on any atom is 0.182 e. The molecule has 0 fully saturated rings. The van der Waals surface area contributed by atoms with Crippen molar-refractivity contribution in [1.82, 2.24) is 0 Å². The highest BCUT2D eigenvalue weighted by molar-refractivity contribution is 7.07. The van der Waals surface area contributed by atoms with Crippen molar-refractivity contribution in [2.45, 2.75) is 51.9 Å². The Kier molecular flexibility index (Phi) is 12.4. The Morgan fingerprint density at radius 2 is 1.71 bits per heavy atom. The zero-order valence-electron chi connectivity index (χ0n) is 10.6. The zero-order chi connectivity index (χ0) is 12.8. The van der Waals surface area contributed by atoms with Gasteiger partial charge >= 0.3 is 0 Å². The van der Waals surface area contributed by atoms with Gasteiger partial charge in [0.25, 0.3) is 0 Å². The van der Waals surface area contributed by atoms with Gasteiger partial charge in [0.2, 0.25) is 0 Å². The van der Waals surface area contributed by atoms with E-state index >= 15 is 0 Å². The fourth-order valence-electron chi connectivity index (χ4n) is 1.54. The molecule has 1 aromatic heterocycles. The first-order valence-electron chi connectivity index (χ1n) is 6.25. The standard InChI is InChI=1S/C12H20S.C2H2O2/c1-2-3-4-5-6-7-8-12-9-10-13-11-12;3-1-2-4/h9-11H,2-8H2,1H3;1-2H. The number of unbranched alkanes of at least 4 members (excludes halogenated alkanes) is 5. The fraction of sp³-hybridized carbons (Fsp3) is 0.571. The Morgan fingerprint density at radius 3 is 2.24 bits per heavy atom. The van der Waals surface area contributed by atoms with Crippen LogP contribution in [0.25, 0.3) is 0 Å². The minimum Gasteiger partial charge on any atom is -0.295 e. The Hall–Kier alpha value is -0.960. The Bertz CT molecular complexity index is 262. The van der Waals surface area contributed by atoms with Crippen LogP contribution in [0.3, 0.4) is 0 Å². The van der Waals surface area contributed by atoms with Crippen LogP contribution in [0.15, 0.2) is 16.8 Å². The van der Waals surface area contributed by atoms with Crippen LogP contribution < -0.4 is 0 Å². The normalized spacial score (nSPS) is 9.24. The lowest BCUT2D eigenvalue weighted by atomic mass is 10.1. The van der Waals surface area contributed by atoms with Gasteiger partial charge in [0.1, 0.15) is 0 Å². The molecule has 1 rings (SSSR count). The smallest absolute Gasteiger partial charge is 0.182 e. The van der Waals surface area contributed by atoms with Crippen LogP contribution in [0.2, 0.25) is 0 Å². The summed E-state index contributed by atoms with van der Waals surface area (Å²) in [5, 5.41) is 4.44. The molecule has 2 nitrogen and oxygen atoms in total. The van der Waals surface area contributed by atoms with Crippen molar-refractivity contribution in [2.24, 2.45) is 0 Å². The topological polar surface area (TPSA) is 34.1 Å². The van der Waals surface area contributed by atoms with E-state index in [-0.39, 0.29) is 12.6 Å². The van der Waals surface area contributed by atoms with Gasteiger partial charge in [-0.05, 0) is 35.2 Å². The van der Waals surface area contributed by atoms with Crippen LogP contribution in [0.1, 0.15) is 51.0 Å². The van der Waals surface area contributed by atoms with Gasteiger partial charge in [0.15, 0.2) is 12.6 Å². The molecule has 0 saturated carbocycles. The average molecular weight is 254 g/mol. The summed E-state index contributed by atoms with van der Waals surface area (Å²) in [5.41, 5.74) is 1.53. The number of aryl methyl sites for hydroxylation is 1. The van der Waals surface area contributed by atoms with Crippen molar-refractivity contribution >= 4 is 23.9 Å². The molecule has 0 bridgehead atoms. The van der Waals surface area contributed by atoms with Crippen molar-refractivity contribution in [3.63, 3.8) is 0 Å². The van der Waals surface area contributed by atoms with Crippen LogP contribution >= 0.6 is 11.3 Å². The Balaban J connectivity index is 0.000000557. The maximum atomic E-state index is 8.81. The molecule has 0 radical (unpaired) electrons. The number of thiophene rings is 1. The summed E-state index contributed by atoms with van der Waals surface area (Å²) in [7, 11) is 0. The SMILES string of the molecule is CCCCCCCCc1ccsc1.O=CC=O. The highest BCUT2D eigenvalue weighted by atomic mass is 32.1. The molecule has 0 aliphatic rings. The van der Waals surface area contributed by atoms with E-state index in [1.807, 2.05) is 11.3 Å². The quantitative estimate of drug-likeness (QED) is 0.398. The highest BCUT2D eigenvalue weighted by Gasteiger charge is 1.93. The third-order valence-electron chi connectivity index (χ3n) is 2.45. The van der Waals surface area contributed by atoms with Gasteiger partial charge < -0.3 is 0 Å². The zero-order valence-corrected chi connectivity index (χ0v) is 11.4. The van der Waals surface area contributed by atoms with E-state index in [2.05, 4.69) is 23.8 Å². The fourth-order valence-corrected chi connectivity index (χ4v) is 2.25. The molecule has 0 aromatic carbocycles. The van der Waals surface area contributed by atoms with E-state index in [0.717, 1.165) is 0 Å². The lowest BCUT2D eigenvalue weighted by molar-refractivity contribution is -0.122. The molecule has 0 N–H and O–H groups in total. The summed E-state index contributed by atoms with van der Waals surface area (Å²) in [6.07, 6.45) is 10.1. The molecule has 0 spiro atoms. The summed E-state index contributed by atoms with van der Waals surface area (Å²) in [4.78, 5) is 17.6. The van der Waals surface area contributed by atoms with E-state index in [1.54, 1.807) is 0 Å². The first-order valence-corrected chi connectivity index (χ1v) is 7.19. The van der Waals surface area contributed by atoms with Crippen molar-refractivity contribution < 1.29 is 9.59 Å². The molecule has 17 heavy (non-hydrogen) atoms. The molecule has 96 valence electrons. The second kappa shape index (κ2) is 13.1. The van der Waals surface area contributed by atoms with Crippen molar-refractivity contribution in [3.8, 4) is 0 Å². The minimum absolute atomic E-state index is 0.194. The van der Waals surface area contributed by atoms with Gasteiger partial charge in [-0.1, -0.05) is 39.0 Å². The van der Waals surface area contributed by atoms with Gasteiger partial charge in [-0.15, -0.1) is 0 Å². The number of carbonyl (C=O) groups is 2. The van der Waals surface area contributed by atoms with Crippen molar-refractivity contribution in [3.05, 3.63) is 22.4 Å². The number of rotatable bonds is 8. The van der Waals surface area contributed by atoms with Crippen molar-refractivity contribution in [1.29, 1.82) is 0 Å². The molecular formula is C14H22O2S. The first kappa shape index (κ1) is 16.0. The Morgan fingerprint density at radius 1 is 1.06 bits per heavy atom. The molecule has 0 aliphatic carbocycles. The predicted molar refractivity (Wildman–Crippen MR) is 73.5 cm³/mol. The number of carbonyl (C=O) groups excluding carboxylic acids is 2. The largest absolute Gasteiger partial charge is 0.295 e. The third-order valence-corrected chi connectivity index (χ3v) is 3.19. The van der Waals surface area contributed by atoms with Crippen LogP contribution in [0, 0.1) is 0 Å². The van der Waals surface area contributed by atoms with Crippen molar-refractivity contribution in [2.75, 3.05) is 0 Å². The van der Waals surface area contributed by atoms with Gasteiger partial charge in [-0.3, -0.25) is 9.59 Å². The Labute approximate surface area is 108 Å². The van der Waals surface area contributed by atoms with Crippen LogP contribution in [-0.4, -0.2) is 12.6 Å². The lowest BCUT2D eigenvalue weighted by Crippen LogP contribution is -1.83. The summed E-state index contributed by atoms with van der Waals surface area (Å²) >= 11 is 1.81. The molecular weight excluding hydrogens is 232 g/mol. The molecule has 0 unspecified atom stereocenters. The van der Waals surface area contributed by atoms with Gasteiger partial charge in [-0.2, -0.15) is 11.3 Å². The summed E-state index contributed by atoms with van der Waals surface area (Å²) in [5.74, 6) is 0. The second-order valence-corrected chi connectivity index (χ2v) is 4.70.